The van der Waals surface area contributed by atoms with Crippen molar-refractivity contribution in [2.24, 2.45) is 0 Å². The number of carbonyl (C=O) groups excluding carboxylic acids is 1. The first-order chi connectivity index (χ1) is 16.3. The molecule has 0 N–H and O–H groups in total. The number of carbonyl (C=O) groups is 1. The molecule has 0 saturated heterocycles. The predicted molar refractivity (Wildman–Crippen MR) is 128 cm³/mol. The van der Waals surface area contributed by atoms with Gasteiger partial charge in [0.1, 0.15) is 24.2 Å². The summed E-state index contributed by atoms with van der Waals surface area (Å²) in [6.45, 7) is 2.02. The maximum atomic E-state index is 13.7. The van der Waals surface area contributed by atoms with E-state index < -0.39 is 22.0 Å². The number of rotatable bonds is 6. The summed E-state index contributed by atoms with van der Waals surface area (Å²) in [6.07, 6.45) is 1.50. The second-order valence-corrected chi connectivity index (χ2v) is 9.65. The third-order valence-electron chi connectivity index (χ3n) is 5.64. The van der Waals surface area contributed by atoms with Gasteiger partial charge in [0.15, 0.2) is 0 Å². The summed E-state index contributed by atoms with van der Waals surface area (Å²) in [4.78, 5) is 11.9. The lowest BCUT2D eigenvalue weighted by Gasteiger charge is -2.35. The standard InChI is InChI=1S/C26H25NO6S/c1-18-4-14-23(15-5-18)34(29,30)27-16-25(20-6-8-21(9-7-20)26(28)32-3)33-17-24(27)19-10-12-22(31-2)13-11-19/h4-16,24H,17H2,1-3H3. The number of sulfonamides is 1. The average Bonchev–Trinajstić information content (AvgIpc) is 2.88. The summed E-state index contributed by atoms with van der Waals surface area (Å²) < 4.78 is 44.7. The van der Waals surface area contributed by atoms with E-state index in [-0.39, 0.29) is 11.5 Å². The third kappa shape index (κ3) is 4.63. The Hall–Kier alpha value is -3.78. The molecule has 0 amide bonds. The first kappa shape index (κ1) is 23.4. The molecule has 0 bridgehead atoms. The molecule has 8 heteroatoms. The average molecular weight is 480 g/mol. The van der Waals surface area contributed by atoms with Gasteiger partial charge in [-0.2, -0.15) is 0 Å². The van der Waals surface area contributed by atoms with Gasteiger partial charge >= 0.3 is 5.97 Å². The monoisotopic (exact) mass is 479 g/mol. The quantitative estimate of drug-likeness (QED) is 0.483. The molecule has 1 aliphatic heterocycles. The first-order valence-electron chi connectivity index (χ1n) is 10.6. The van der Waals surface area contributed by atoms with Crippen molar-refractivity contribution in [3.8, 4) is 5.75 Å². The molecule has 3 aromatic rings. The van der Waals surface area contributed by atoms with Crippen molar-refractivity contribution in [3.05, 3.63) is 101 Å². The van der Waals surface area contributed by atoms with E-state index in [1.807, 2.05) is 19.1 Å². The molecule has 0 aromatic heterocycles. The van der Waals surface area contributed by atoms with Crippen molar-refractivity contribution < 1.29 is 27.4 Å². The highest BCUT2D eigenvalue weighted by Crippen LogP contribution is 2.36. The van der Waals surface area contributed by atoms with Crippen LogP contribution in [0.15, 0.2) is 83.9 Å². The van der Waals surface area contributed by atoms with Crippen molar-refractivity contribution in [2.75, 3.05) is 20.8 Å². The Morgan fingerprint density at radius 2 is 1.59 bits per heavy atom. The maximum Gasteiger partial charge on any atom is 0.337 e. The van der Waals surface area contributed by atoms with Crippen LogP contribution < -0.4 is 4.74 Å². The number of hydrogen-bond acceptors (Lipinski definition) is 6. The van der Waals surface area contributed by atoms with Crippen molar-refractivity contribution in [1.29, 1.82) is 0 Å². The highest BCUT2D eigenvalue weighted by atomic mass is 32.2. The van der Waals surface area contributed by atoms with Crippen LogP contribution in [0.4, 0.5) is 0 Å². The van der Waals surface area contributed by atoms with Crippen LogP contribution in [0.2, 0.25) is 0 Å². The lowest BCUT2D eigenvalue weighted by atomic mass is 10.1. The molecule has 0 fully saturated rings. The third-order valence-corrected chi connectivity index (χ3v) is 7.42. The second kappa shape index (κ2) is 9.61. The molecule has 0 spiro atoms. The van der Waals surface area contributed by atoms with Gasteiger partial charge in [-0.15, -0.1) is 0 Å². The smallest absolute Gasteiger partial charge is 0.337 e. The number of nitrogens with zero attached hydrogens (tertiary/aromatic N) is 1. The molecule has 1 aliphatic rings. The fourth-order valence-electron chi connectivity index (χ4n) is 3.67. The van der Waals surface area contributed by atoms with Crippen LogP contribution in [-0.4, -0.2) is 39.5 Å². The van der Waals surface area contributed by atoms with Crippen molar-refractivity contribution in [3.63, 3.8) is 0 Å². The molecule has 1 heterocycles. The normalized spacial score (nSPS) is 15.8. The fraction of sp³-hybridized carbons (Fsp3) is 0.192. The van der Waals surface area contributed by atoms with E-state index in [0.717, 1.165) is 11.1 Å². The van der Waals surface area contributed by atoms with Gasteiger partial charge in [-0.05, 0) is 48.9 Å². The van der Waals surface area contributed by atoms with Gasteiger partial charge in [-0.1, -0.05) is 42.0 Å². The fourth-order valence-corrected chi connectivity index (χ4v) is 5.14. The molecule has 0 aliphatic carbocycles. The number of esters is 1. The zero-order chi connectivity index (χ0) is 24.3. The van der Waals surface area contributed by atoms with Crippen molar-refractivity contribution in [1.82, 2.24) is 4.31 Å². The molecular weight excluding hydrogens is 454 g/mol. The molecule has 4 rings (SSSR count). The van der Waals surface area contributed by atoms with E-state index in [2.05, 4.69) is 0 Å². The van der Waals surface area contributed by atoms with Crippen LogP contribution in [0.5, 0.6) is 5.75 Å². The molecule has 1 unspecified atom stereocenters. The van der Waals surface area contributed by atoms with Crippen LogP contribution in [0.3, 0.4) is 0 Å². The summed E-state index contributed by atoms with van der Waals surface area (Å²) >= 11 is 0. The molecular formula is C26H25NO6S. The van der Waals surface area contributed by atoms with Gasteiger partial charge in [0.25, 0.3) is 10.0 Å². The molecule has 176 valence electrons. The first-order valence-corrected chi connectivity index (χ1v) is 12.0. The summed E-state index contributed by atoms with van der Waals surface area (Å²) in [5.74, 6) is 0.612. The summed E-state index contributed by atoms with van der Waals surface area (Å²) in [6, 6.07) is 20.0. The largest absolute Gasteiger partial charge is 0.497 e. The zero-order valence-corrected chi connectivity index (χ0v) is 19.9. The Balaban J connectivity index is 1.76. The predicted octanol–water partition coefficient (Wildman–Crippen LogP) is 4.55. The molecule has 3 aromatic carbocycles. The maximum absolute atomic E-state index is 13.7. The van der Waals surface area contributed by atoms with Gasteiger partial charge in [0.05, 0.1) is 30.9 Å². The second-order valence-electron chi connectivity index (χ2n) is 7.81. The van der Waals surface area contributed by atoms with Crippen molar-refractivity contribution >= 4 is 21.8 Å². The van der Waals surface area contributed by atoms with E-state index in [4.69, 9.17) is 14.2 Å². The Morgan fingerprint density at radius 1 is 0.941 bits per heavy atom. The number of ether oxygens (including phenoxy) is 3. The molecule has 34 heavy (non-hydrogen) atoms. The Labute approximate surface area is 199 Å². The minimum Gasteiger partial charge on any atom is -0.497 e. The molecule has 1 atom stereocenters. The Kier molecular flexibility index (Phi) is 6.61. The van der Waals surface area contributed by atoms with Crippen molar-refractivity contribution in [2.45, 2.75) is 17.9 Å². The summed E-state index contributed by atoms with van der Waals surface area (Å²) in [5.41, 5.74) is 2.77. The van der Waals surface area contributed by atoms with Gasteiger partial charge in [0, 0.05) is 5.56 Å². The van der Waals surface area contributed by atoms with E-state index >= 15 is 0 Å². The zero-order valence-electron chi connectivity index (χ0n) is 19.1. The van der Waals surface area contributed by atoms with Crippen LogP contribution in [-0.2, 0) is 19.5 Å². The highest BCUT2D eigenvalue weighted by molar-refractivity contribution is 7.89. The number of hydrogen-bond donors (Lipinski definition) is 0. The SMILES string of the molecule is COC(=O)c1ccc(C2=CN(S(=O)(=O)c3ccc(C)cc3)C(c3ccc(OC)cc3)CO2)cc1. The van der Waals surface area contributed by atoms with Crippen LogP contribution in [0, 0.1) is 6.92 Å². The molecule has 7 nitrogen and oxygen atoms in total. The van der Waals surface area contributed by atoms with E-state index in [9.17, 15) is 13.2 Å². The van der Waals surface area contributed by atoms with Crippen LogP contribution in [0.25, 0.3) is 5.76 Å². The summed E-state index contributed by atoms with van der Waals surface area (Å²) in [5, 5.41) is 0. The topological polar surface area (TPSA) is 82.1 Å². The van der Waals surface area contributed by atoms with Crippen LogP contribution >= 0.6 is 0 Å². The van der Waals surface area contributed by atoms with E-state index in [1.54, 1.807) is 67.8 Å². The van der Waals surface area contributed by atoms with Gasteiger partial charge < -0.3 is 14.2 Å². The molecule has 0 radical (unpaired) electrons. The number of methoxy groups -OCH3 is 2. The van der Waals surface area contributed by atoms with E-state index in [0.29, 0.717) is 22.6 Å². The lowest BCUT2D eigenvalue weighted by Crippen LogP contribution is -2.36. The van der Waals surface area contributed by atoms with Gasteiger partial charge in [0.2, 0.25) is 0 Å². The minimum absolute atomic E-state index is 0.113. The Bertz CT molecular complexity index is 1300. The minimum atomic E-state index is -3.89. The Morgan fingerprint density at radius 3 is 2.18 bits per heavy atom. The van der Waals surface area contributed by atoms with Crippen LogP contribution in [0.1, 0.15) is 33.1 Å². The summed E-state index contributed by atoms with van der Waals surface area (Å²) in [7, 11) is -0.994. The highest BCUT2D eigenvalue weighted by Gasteiger charge is 2.34. The van der Waals surface area contributed by atoms with Gasteiger partial charge in [-0.25, -0.2) is 13.2 Å². The molecule has 0 saturated carbocycles. The van der Waals surface area contributed by atoms with Gasteiger partial charge in [-0.3, -0.25) is 4.31 Å². The number of aryl methyl sites for hydroxylation is 1. The van der Waals surface area contributed by atoms with E-state index in [1.165, 1.54) is 17.6 Å². The number of benzene rings is 3. The lowest BCUT2D eigenvalue weighted by molar-refractivity contribution is 0.0600.